The third-order valence-electron chi connectivity index (χ3n) is 8.92. The maximum absolute atomic E-state index is 14.0. The lowest BCUT2D eigenvalue weighted by atomic mass is 9.70. The highest BCUT2D eigenvalue weighted by atomic mass is 32.2. The van der Waals surface area contributed by atoms with Gasteiger partial charge in [0.05, 0.1) is 19.1 Å². The molecule has 1 atom stereocenters. The summed E-state index contributed by atoms with van der Waals surface area (Å²) in [6.07, 6.45) is 1.04. The Labute approximate surface area is 263 Å². The zero-order valence-electron chi connectivity index (χ0n) is 26.1. The fraction of sp³-hybridized carbons (Fsp3) is 0.452. The molecule has 0 aromatic carbocycles. The summed E-state index contributed by atoms with van der Waals surface area (Å²) in [5, 5.41) is 7.19. The van der Waals surface area contributed by atoms with E-state index < -0.39 is 44.9 Å². The van der Waals surface area contributed by atoms with Gasteiger partial charge in [0.1, 0.15) is 10.5 Å². The van der Waals surface area contributed by atoms with Crippen LogP contribution in [0.3, 0.4) is 0 Å². The van der Waals surface area contributed by atoms with Gasteiger partial charge < -0.3 is 9.47 Å². The minimum absolute atomic E-state index is 0.00166. The van der Waals surface area contributed by atoms with E-state index in [1.807, 2.05) is 0 Å². The lowest BCUT2D eigenvalue weighted by Gasteiger charge is -2.34. The normalized spacial score (nSPS) is 18.1. The van der Waals surface area contributed by atoms with Crippen LogP contribution < -0.4 is 4.74 Å². The minimum Gasteiger partial charge on any atom is -0.469 e. The minimum atomic E-state index is -4.72. The van der Waals surface area contributed by atoms with Crippen molar-refractivity contribution in [2.45, 2.75) is 76.6 Å². The third kappa shape index (κ3) is 5.28. The number of fused-ring (bicyclic) bond motifs is 2. The number of ether oxygens (including phenoxy) is 2. The summed E-state index contributed by atoms with van der Waals surface area (Å²) in [6.45, 7) is 8.59. The van der Waals surface area contributed by atoms with Crippen LogP contribution in [-0.2, 0) is 32.3 Å². The molecular weight excluding hydrogens is 625 g/mol. The zero-order chi connectivity index (χ0) is 33.4. The topological polar surface area (TPSA) is 129 Å². The number of nitrogens with zero attached hydrogens (tertiary/aromatic N) is 6. The van der Waals surface area contributed by atoms with Gasteiger partial charge in [0, 0.05) is 36.7 Å². The molecule has 0 N–H and O–H groups in total. The molecule has 4 aromatic rings. The van der Waals surface area contributed by atoms with Gasteiger partial charge in [0.15, 0.2) is 5.65 Å². The van der Waals surface area contributed by atoms with Crippen LogP contribution in [0.2, 0.25) is 0 Å². The summed E-state index contributed by atoms with van der Waals surface area (Å²) in [4.78, 5) is 22.1. The van der Waals surface area contributed by atoms with Crippen molar-refractivity contribution in [2.75, 3.05) is 13.7 Å². The van der Waals surface area contributed by atoms with E-state index in [1.54, 1.807) is 59.1 Å². The Bertz CT molecular complexity index is 1990. The molecule has 2 aliphatic rings. The van der Waals surface area contributed by atoms with Gasteiger partial charge in [-0.15, -0.1) is 10.2 Å². The van der Waals surface area contributed by atoms with E-state index in [-0.39, 0.29) is 29.5 Å². The number of halogens is 3. The molecule has 1 aliphatic carbocycles. The van der Waals surface area contributed by atoms with Gasteiger partial charge in [0.25, 0.3) is 0 Å². The summed E-state index contributed by atoms with van der Waals surface area (Å²) in [5.74, 6) is -2.40. The van der Waals surface area contributed by atoms with Crippen LogP contribution in [0.25, 0.3) is 5.65 Å². The number of pyridine rings is 3. The first-order chi connectivity index (χ1) is 21.5. The van der Waals surface area contributed by atoms with Crippen LogP contribution in [0.15, 0.2) is 41.7 Å². The largest absolute Gasteiger partial charge is 0.469 e. The second-order valence-corrected chi connectivity index (χ2v) is 14.6. The molecule has 0 bridgehead atoms. The summed E-state index contributed by atoms with van der Waals surface area (Å²) in [6, 6.07) is 4.86. The number of rotatable bonds is 6. The molecule has 4 aromatic heterocycles. The van der Waals surface area contributed by atoms with E-state index in [2.05, 4.69) is 20.2 Å². The van der Waals surface area contributed by atoms with Gasteiger partial charge in [0.2, 0.25) is 21.7 Å². The fourth-order valence-corrected chi connectivity index (χ4v) is 7.83. The maximum Gasteiger partial charge on any atom is 0.452 e. The molecule has 15 heteroatoms. The quantitative estimate of drug-likeness (QED) is 0.266. The molecule has 1 saturated carbocycles. The summed E-state index contributed by atoms with van der Waals surface area (Å²) >= 11 is 0. The molecule has 5 heterocycles. The summed E-state index contributed by atoms with van der Waals surface area (Å²) in [7, 11) is -2.76. The highest BCUT2D eigenvalue weighted by Gasteiger charge is 2.52. The predicted molar refractivity (Wildman–Crippen MR) is 159 cm³/mol. The Morgan fingerprint density at radius 3 is 2.48 bits per heavy atom. The number of hydrogen-bond donors (Lipinski definition) is 0. The van der Waals surface area contributed by atoms with Crippen molar-refractivity contribution in [3.8, 4) is 5.88 Å². The second-order valence-electron chi connectivity index (χ2n) is 12.6. The number of sulfonamides is 1. The molecule has 1 fully saturated rings. The van der Waals surface area contributed by atoms with E-state index in [0.29, 0.717) is 46.4 Å². The molecule has 11 nitrogen and oxygen atoms in total. The van der Waals surface area contributed by atoms with Crippen molar-refractivity contribution in [3.63, 3.8) is 0 Å². The van der Waals surface area contributed by atoms with E-state index in [0.717, 1.165) is 4.40 Å². The standard InChI is InChI=1S/C31H33F3N6O5S/c1-17-11-23-26(36-13-17)45-30(8-9-30)16-39(46(23,42)43)15-21-12-20(14-35-19(21)3)24(29(4,5)28(41)44-6)22-7-10-40-25(18(22)2)37-38-27(40)31(32,33)34/h7,10-14,24H,8-9,15-16H2,1-6H3/t24-/m0/s1. The molecule has 0 amide bonds. The number of aryl methyl sites for hydroxylation is 3. The number of hydrogen-bond acceptors (Lipinski definition) is 9. The monoisotopic (exact) mass is 658 g/mol. The van der Waals surface area contributed by atoms with E-state index in [1.165, 1.54) is 23.7 Å². The van der Waals surface area contributed by atoms with Crippen molar-refractivity contribution in [1.29, 1.82) is 0 Å². The molecule has 0 unspecified atom stereocenters. The molecule has 244 valence electrons. The van der Waals surface area contributed by atoms with Crippen LogP contribution in [-0.4, -0.2) is 62.5 Å². The molecule has 6 rings (SSSR count). The van der Waals surface area contributed by atoms with Gasteiger partial charge in [-0.2, -0.15) is 17.5 Å². The van der Waals surface area contributed by atoms with Gasteiger partial charge in [-0.3, -0.25) is 14.2 Å². The summed E-state index contributed by atoms with van der Waals surface area (Å²) in [5.41, 5.74) is 1.37. The molecule has 1 aliphatic heterocycles. The fourth-order valence-electron chi connectivity index (χ4n) is 6.19. The maximum atomic E-state index is 14.0. The van der Waals surface area contributed by atoms with E-state index >= 15 is 0 Å². The predicted octanol–water partition coefficient (Wildman–Crippen LogP) is 4.91. The summed E-state index contributed by atoms with van der Waals surface area (Å²) < 4.78 is 82.4. The zero-order valence-corrected chi connectivity index (χ0v) is 27.0. The number of carbonyl (C=O) groups excluding carboxylic acids is 1. The van der Waals surface area contributed by atoms with Crippen LogP contribution in [0.5, 0.6) is 5.88 Å². The lowest BCUT2D eigenvalue weighted by molar-refractivity contribution is -0.151. The highest BCUT2D eigenvalue weighted by Crippen LogP contribution is 2.47. The first kappa shape index (κ1) is 31.9. The van der Waals surface area contributed by atoms with Crippen molar-refractivity contribution in [1.82, 2.24) is 28.9 Å². The third-order valence-corrected chi connectivity index (χ3v) is 10.7. The van der Waals surface area contributed by atoms with Crippen molar-refractivity contribution < 1.29 is 35.9 Å². The van der Waals surface area contributed by atoms with Crippen molar-refractivity contribution in [3.05, 3.63) is 76.1 Å². The average Bonchev–Trinajstić information content (AvgIpc) is 3.60. The van der Waals surface area contributed by atoms with E-state index in [9.17, 15) is 26.4 Å². The number of alkyl halides is 3. The molecular formula is C31H33F3N6O5S. The Kier molecular flexibility index (Phi) is 7.43. The Morgan fingerprint density at radius 1 is 1.11 bits per heavy atom. The SMILES string of the molecule is COC(=O)C(C)(C)[C@@H](c1cnc(C)c(CN2CC3(CC3)Oc3ncc(C)cc3S2(=O)=O)c1)c1ccn2c(C(F)(F)F)nnc2c1C. The van der Waals surface area contributed by atoms with Crippen LogP contribution >= 0.6 is 0 Å². The van der Waals surface area contributed by atoms with Gasteiger partial charge in [-0.05, 0) is 87.4 Å². The number of esters is 1. The molecule has 1 spiro atoms. The van der Waals surface area contributed by atoms with Gasteiger partial charge >= 0.3 is 12.1 Å². The average molecular weight is 659 g/mol. The Hall–Kier alpha value is -4.11. The number of methoxy groups -OCH3 is 1. The van der Waals surface area contributed by atoms with E-state index in [4.69, 9.17) is 9.47 Å². The second kappa shape index (κ2) is 10.7. The van der Waals surface area contributed by atoms with Crippen LogP contribution in [0, 0.1) is 26.2 Å². The first-order valence-electron chi connectivity index (χ1n) is 14.6. The van der Waals surface area contributed by atoms with Crippen molar-refractivity contribution in [2.24, 2.45) is 5.41 Å². The number of aromatic nitrogens is 5. The van der Waals surface area contributed by atoms with Crippen LogP contribution in [0.4, 0.5) is 13.2 Å². The molecule has 0 saturated heterocycles. The molecule has 0 radical (unpaired) electrons. The van der Waals surface area contributed by atoms with Gasteiger partial charge in [-0.25, -0.2) is 13.4 Å². The lowest BCUT2D eigenvalue weighted by Crippen LogP contribution is -2.38. The van der Waals surface area contributed by atoms with Gasteiger partial charge in [-0.1, -0.05) is 6.07 Å². The van der Waals surface area contributed by atoms with Crippen molar-refractivity contribution >= 4 is 21.6 Å². The Morgan fingerprint density at radius 2 is 1.83 bits per heavy atom. The Balaban J connectivity index is 1.47. The first-order valence-corrected chi connectivity index (χ1v) is 16.0. The smallest absolute Gasteiger partial charge is 0.452 e. The number of carbonyl (C=O) groups is 1. The van der Waals surface area contributed by atoms with Crippen LogP contribution in [0.1, 0.15) is 71.9 Å². The molecule has 46 heavy (non-hydrogen) atoms. The highest BCUT2D eigenvalue weighted by molar-refractivity contribution is 7.89.